The van der Waals surface area contributed by atoms with Crippen molar-refractivity contribution in [1.29, 1.82) is 0 Å². The smallest absolute Gasteiger partial charge is 0.150 e. The Labute approximate surface area is 78.3 Å². The molecule has 0 aliphatic heterocycles. The number of tetrazole rings is 1. The molecule has 0 spiro atoms. The summed E-state index contributed by atoms with van der Waals surface area (Å²) >= 11 is 0. The van der Waals surface area contributed by atoms with Gasteiger partial charge in [0.1, 0.15) is 0 Å². The zero-order valence-corrected chi connectivity index (χ0v) is 8.11. The molecule has 0 radical (unpaired) electrons. The molecule has 1 fully saturated rings. The van der Waals surface area contributed by atoms with Crippen molar-refractivity contribution in [3.8, 4) is 0 Å². The van der Waals surface area contributed by atoms with E-state index in [9.17, 15) is 0 Å². The van der Waals surface area contributed by atoms with Crippen LogP contribution in [-0.4, -0.2) is 20.2 Å². The maximum absolute atomic E-state index is 4.01. The van der Waals surface area contributed by atoms with Crippen LogP contribution in [0.2, 0.25) is 0 Å². The van der Waals surface area contributed by atoms with E-state index in [0.29, 0.717) is 0 Å². The standard InChI is InChI=1S/C9H16N4/c1-2-9-10-11-12-13(9)7-8-5-3-4-6-8/h8H,2-7H2,1H3. The van der Waals surface area contributed by atoms with E-state index in [1.165, 1.54) is 25.7 Å². The number of hydrogen-bond donors (Lipinski definition) is 0. The fourth-order valence-corrected chi connectivity index (χ4v) is 2.06. The normalized spacial score (nSPS) is 18.2. The lowest BCUT2D eigenvalue weighted by atomic mass is 10.1. The molecular formula is C9H16N4. The maximum atomic E-state index is 4.01. The van der Waals surface area contributed by atoms with Gasteiger partial charge in [0.2, 0.25) is 0 Å². The van der Waals surface area contributed by atoms with Crippen molar-refractivity contribution in [2.24, 2.45) is 5.92 Å². The van der Waals surface area contributed by atoms with Gasteiger partial charge in [-0.1, -0.05) is 19.8 Å². The van der Waals surface area contributed by atoms with Gasteiger partial charge >= 0.3 is 0 Å². The third kappa shape index (κ3) is 1.87. The minimum atomic E-state index is 0.814. The molecule has 1 aliphatic carbocycles. The zero-order chi connectivity index (χ0) is 9.10. The molecule has 72 valence electrons. The minimum Gasteiger partial charge on any atom is -0.229 e. The van der Waals surface area contributed by atoms with Crippen LogP contribution in [0.5, 0.6) is 0 Å². The first-order chi connectivity index (χ1) is 6.40. The van der Waals surface area contributed by atoms with E-state index in [1.54, 1.807) is 0 Å². The lowest BCUT2D eigenvalue weighted by Gasteiger charge is -2.08. The molecule has 0 bridgehead atoms. The van der Waals surface area contributed by atoms with Gasteiger partial charge in [-0.3, -0.25) is 0 Å². The van der Waals surface area contributed by atoms with Crippen LogP contribution in [0, 0.1) is 5.92 Å². The molecule has 0 aromatic carbocycles. The van der Waals surface area contributed by atoms with E-state index in [0.717, 1.165) is 24.7 Å². The van der Waals surface area contributed by atoms with Crippen LogP contribution in [0.1, 0.15) is 38.4 Å². The highest BCUT2D eigenvalue weighted by Crippen LogP contribution is 2.25. The van der Waals surface area contributed by atoms with Crippen LogP contribution in [0.25, 0.3) is 0 Å². The fourth-order valence-electron chi connectivity index (χ4n) is 2.06. The Morgan fingerprint density at radius 2 is 2.15 bits per heavy atom. The molecule has 0 N–H and O–H groups in total. The molecule has 2 rings (SSSR count). The van der Waals surface area contributed by atoms with Crippen molar-refractivity contribution < 1.29 is 0 Å². The molecule has 13 heavy (non-hydrogen) atoms. The summed E-state index contributed by atoms with van der Waals surface area (Å²) in [5, 5.41) is 11.7. The maximum Gasteiger partial charge on any atom is 0.150 e. The lowest BCUT2D eigenvalue weighted by Crippen LogP contribution is -2.11. The summed E-state index contributed by atoms with van der Waals surface area (Å²) in [4.78, 5) is 0. The van der Waals surface area contributed by atoms with Crippen LogP contribution < -0.4 is 0 Å². The summed E-state index contributed by atoms with van der Waals surface area (Å²) in [5.41, 5.74) is 0. The summed E-state index contributed by atoms with van der Waals surface area (Å²) in [7, 11) is 0. The molecule has 0 atom stereocenters. The van der Waals surface area contributed by atoms with Gasteiger partial charge in [-0.2, -0.15) is 0 Å². The Morgan fingerprint density at radius 3 is 2.85 bits per heavy atom. The number of nitrogens with zero attached hydrogens (tertiary/aromatic N) is 4. The first-order valence-corrected chi connectivity index (χ1v) is 5.15. The van der Waals surface area contributed by atoms with Crippen molar-refractivity contribution in [2.75, 3.05) is 0 Å². The third-order valence-corrected chi connectivity index (χ3v) is 2.83. The van der Waals surface area contributed by atoms with Crippen LogP contribution in [0.3, 0.4) is 0 Å². The third-order valence-electron chi connectivity index (χ3n) is 2.83. The van der Waals surface area contributed by atoms with Gasteiger partial charge in [-0.15, -0.1) is 5.10 Å². The van der Waals surface area contributed by atoms with Gasteiger partial charge < -0.3 is 0 Å². The second-order valence-electron chi connectivity index (χ2n) is 3.78. The quantitative estimate of drug-likeness (QED) is 0.706. The van der Waals surface area contributed by atoms with Crippen molar-refractivity contribution in [2.45, 2.75) is 45.6 Å². The monoisotopic (exact) mass is 180 g/mol. The van der Waals surface area contributed by atoms with E-state index < -0.39 is 0 Å². The van der Waals surface area contributed by atoms with Crippen molar-refractivity contribution in [3.63, 3.8) is 0 Å². The summed E-state index contributed by atoms with van der Waals surface area (Å²) in [5.74, 6) is 1.83. The summed E-state index contributed by atoms with van der Waals surface area (Å²) < 4.78 is 1.97. The predicted molar refractivity (Wildman–Crippen MR) is 49.2 cm³/mol. The summed E-state index contributed by atoms with van der Waals surface area (Å²) in [6.07, 6.45) is 6.40. The summed E-state index contributed by atoms with van der Waals surface area (Å²) in [6.45, 7) is 3.12. The van der Waals surface area contributed by atoms with Gasteiger partial charge in [0, 0.05) is 13.0 Å². The highest BCUT2D eigenvalue weighted by Gasteiger charge is 2.17. The predicted octanol–water partition coefficient (Wildman–Crippen LogP) is 1.43. The molecular weight excluding hydrogens is 164 g/mol. The molecule has 4 nitrogen and oxygen atoms in total. The molecule has 0 saturated heterocycles. The fraction of sp³-hybridized carbons (Fsp3) is 0.889. The Balaban J connectivity index is 1.99. The minimum absolute atomic E-state index is 0.814. The first kappa shape index (κ1) is 8.66. The lowest BCUT2D eigenvalue weighted by molar-refractivity contribution is 0.412. The van der Waals surface area contributed by atoms with E-state index >= 15 is 0 Å². The molecule has 1 saturated carbocycles. The highest BCUT2D eigenvalue weighted by atomic mass is 15.5. The van der Waals surface area contributed by atoms with Crippen LogP contribution >= 0.6 is 0 Å². The average molecular weight is 180 g/mol. The highest BCUT2D eigenvalue weighted by molar-refractivity contribution is 4.80. The van der Waals surface area contributed by atoms with Crippen molar-refractivity contribution in [1.82, 2.24) is 20.2 Å². The molecule has 1 heterocycles. The van der Waals surface area contributed by atoms with Crippen LogP contribution in [0.4, 0.5) is 0 Å². The number of rotatable bonds is 3. The Kier molecular flexibility index (Phi) is 2.57. The van der Waals surface area contributed by atoms with E-state index in [1.807, 2.05) is 4.68 Å². The van der Waals surface area contributed by atoms with E-state index in [4.69, 9.17) is 0 Å². The van der Waals surface area contributed by atoms with E-state index in [-0.39, 0.29) is 0 Å². The topological polar surface area (TPSA) is 43.6 Å². The number of aromatic nitrogens is 4. The second-order valence-corrected chi connectivity index (χ2v) is 3.78. The molecule has 1 aliphatic rings. The number of aryl methyl sites for hydroxylation is 1. The SMILES string of the molecule is CCc1nnnn1CC1CCCC1. The van der Waals surface area contributed by atoms with Gasteiger partial charge in [0.05, 0.1) is 0 Å². The van der Waals surface area contributed by atoms with Crippen molar-refractivity contribution in [3.05, 3.63) is 5.82 Å². The Bertz CT molecular complexity index is 262. The molecule has 0 amide bonds. The summed E-state index contributed by atoms with van der Waals surface area (Å²) in [6, 6.07) is 0. The van der Waals surface area contributed by atoms with Crippen molar-refractivity contribution >= 4 is 0 Å². The average Bonchev–Trinajstić information content (AvgIpc) is 2.76. The molecule has 0 unspecified atom stereocenters. The zero-order valence-electron chi connectivity index (χ0n) is 8.11. The Hall–Kier alpha value is -0.930. The van der Waals surface area contributed by atoms with Gasteiger partial charge in [0.15, 0.2) is 5.82 Å². The first-order valence-electron chi connectivity index (χ1n) is 5.15. The largest absolute Gasteiger partial charge is 0.229 e. The Morgan fingerprint density at radius 1 is 1.38 bits per heavy atom. The van der Waals surface area contributed by atoms with Gasteiger partial charge in [-0.25, -0.2) is 4.68 Å². The van der Waals surface area contributed by atoms with Crippen LogP contribution in [0.15, 0.2) is 0 Å². The van der Waals surface area contributed by atoms with E-state index in [2.05, 4.69) is 22.4 Å². The second kappa shape index (κ2) is 3.85. The van der Waals surface area contributed by atoms with Gasteiger partial charge in [0.25, 0.3) is 0 Å². The van der Waals surface area contributed by atoms with Crippen LogP contribution in [-0.2, 0) is 13.0 Å². The molecule has 1 aromatic heterocycles. The molecule has 1 aromatic rings. The number of hydrogen-bond acceptors (Lipinski definition) is 3. The van der Waals surface area contributed by atoms with Gasteiger partial charge in [-0.05, 0) is 29.2 Å². The molecule has 4 heteroatoms.